The molecule has 2 amide bonds. The summed E-state index contributed by atoms with van der Waals surface area (Å²) in [6.07, 6.45) is 2.27. The molecule has 5 nitrogen and oxygen atoms in total. The fourth-order valence-electron chi connectivity index (χ4n) is 2.83. The van der Waals surface area contributed by atoms with Gasteiger partial charge in [-0.2, -0.15) is 0 Å². The van der Waals surface area contributed by atoms with Crippen molar-refractivity contribution < 1.29 is 14.7 Å². The summed E-state index contributed by atoms with van der Waals surface area (Å²) in [7, 11) is 1.57. The highest BCUT2D eigenvalue weighted by molar-refractivity contribution is 5.82. The third-order valence-electron chi connectivity index (χ3n) is 4.07. The number of carboxylic acid groups (broad SMARTS) is 1. The molecule has 0 saturated carbocycles. The Bertz CT molecular complexity index is 530. The number of rotatable bonds is 3. The minimum absolute atomic E-state index is 0.207. The van der Waals surface area contributed by atoms with Crippen molar-refractivity contribution in [2.45, 2.75) is 38.8 Å². The maximum atomic E-state index is 12.6. The summed E-state index contributed by atoms with van der Waals surface area (Å²) in [5, 5.41) is 9.19. The van der Waals surface area contributed by atoms with Gasteiger partial charge in [-0.05, 0) is 30.4 Å². The zero-order chi connectivity index (χ0) is 15.4. The van der Waals surface area contributed by atoms with Crippen LogP contribution in [0.4, 0.5) is 4.79 Å². The van der Waals surface area contributed by atoms with Crippen LogP contribution >= 0.6 is 0 Å². The molecule has 0 spiro atoms. The Balaban J connectivity index is 2.14. The number of carboxylic acids is 1. The number of carbonyl (C=O) groups excluding carboxylic acids is 1. The summed E-state index contributed by atoms with van der Waals surface area (Å²) < 4.78 is 0. The number of amides is 2. The number of fused-ring (bicyclic) bond motifs is 1. The molecule has 1 aliphatic heterocycles. The van der Waals surface area contributed by atoms with Crippen molar-refractivity contribution in [2.24, 2.45) is 0 Å². The van der Waals surface area contributed by atoms with Crippen molar-refractivity contribution in [1.82, 2.24) is 9.80 Å². The van der Waals surface area contributed by atoms with E-state index in [1.54, 1.807) is 18.9 Å². The predicted molar refractivity (Wildman–Crippen MR) is 80.0 cm³/mol. The van der Waals surface area contributed by atoms with Gasteiger partial charge in [-0.25, -0.2) is 9.59 Å². The molecule has 1 aliphatic rings. The van der Waals surface area contributed by atoms with Crippen LogP contribution in [0.3, 0.4) is 0 Å². The zero-order valence-corrected chi connectivity index (χ0v) is 12.6. The summed E-state index contributed by atoms with van der Waals surface area (Å²) in [5.74, 6) is -0.955. The molecule has 5 heteroatoms. The second kappa shape index (κ2) is 6.61. The molecule has 1 aromatic rings. The van der Waals surface area contributed by atoms with Crippen LogP contribution in [0.2, 0.25) is 0 Å². The number of nitrogens with zero attached hydrogens (tertiary/aromatic N) is 2. The highest BCUT2D eigenvalue weighted by Gasteiger charge is 2.29. The Morgan fingerprint density at radius 2 is 2.00 bits per heavy atom. The van der Waals surface area contributed by atoms with Gasteiger partial charge in [0, 0.05) is 20.1 Å². The Morgan fingerprint density at radius 3 is 2.62 bits per heavy atom. The van der Waals surface area contributed by atoms with Crippen LogP contribution in [-0.4, -0.2) is 46.5 Å². The second-order valence-electron chi connectivity index (χ2n) is 5.45. The van der Waals surface area contributed by atoms with E-state index in [0.29, 0.717) is 19.5 Å². The van der Waals surface area contributed by atoms with E-state index in [0.717, 1.165) is 18.4 Å². The lowest BCUT2D eigenvalue weighted by Gasteiger charge is -2.30. The second-order valence-corrected chi connectivity index (χ2v) is 5.45. The quantitative estimate of drug-likeness (QED) is 0.929. The molecule has 1 atom stereocenters. The number of benzene rings is 1. The van der Waals surface area contributed by atoms with Gasteiger partial charge in [-0.3, -0.25) is 0 Å². The van der Waals surface area contributed by atoms with Crippen molar-refractivity contribution in [2.75, 3.05) is 13.6 Å². The lowest BCUT2D eigenvalue weighted by atomic mass is 10.0. The van der Waals surface area contributed by atoms with Gasteiger partial charge in [-0.15, -0.1) is 0 Å². The van der Waals surface area contributed by atoms with Crippen LogP contribution in [0.1, 0.15) is 30.9 Å². The van der Waals surface area contributed by atoms with Crippen LogP contribution in [0, 0.1) is 0 Å². The van der Waals surface area contributed by atoms with Gasteiger partial charge in [0.2, 0.25) is 0 Å². The summed E-state index contributed by atoms with van der Waals surface area (Å²) in [4.78, 5) is 26.9. The molecular weight excluding hydrogens is 268 g/mol. The Labute approximate surface area is 125 Å². The van der Waals surface area contributed by atoms with Crippen LogP contribution in [0.5, 0.6) is 0 Å². The summed E-state index contributed by atoms with van der Waals surface area (Å²) in [6, 6.07) is 7.15. The van der Waals surface area contributed by atoms with Gasteiger partial charge < -0.3 is 14.9 Å². The van der Waals surface area contributed by atoms with Crippen molar-refractivity contribution in [1.29, 1.82) is 0 Å². The van der Waals surface area contributed by atoms with Crippen LogP contribution in [-0.2, 0) is 17.8 Å². The van der Waals surface area contributed by atoms with Crippen LogP contribution < -0.4 is 0 Å². The predicted octanol–water partition coefficient (Wildman–Crippen LogP) is 2.35. The third-order valence-corrected chi connectivity index (χ3v) is 4.07. The number of hydrogen-bond donors (Lipinski definition) is 1. The Hall–Kier alpha value is -2.04. The lowest BCUT2D eigenvalue weighted by Crippen LogP contribution is -2.48. The first-order chi connectivity index (χ1) is 10.0. The molecule has 0 bridgehead atoms. The van der Waals surface area contributed by atoms with Crippen molar-refractivity contribution in [3.05, 3.63) is 35.4 Å². The SMILES string of the molecule is CCC(C(=O)O)N(C)C(=O)N1CCCc2ccccc2C1. The van der Waals surface area contributed by atoms with Gasteiger partial charge in [0.1, 0.15) is 6.04 Å². The van der Waals surface area contributed by atoms with Gasteiger partial charge in [0.05, 0.1) is 0 Å². The topological polar surface area (TPSA) is 60.9 Å². The number of carbonyl (C=O) groups is 2. The molecule has 0 aliphatic carbocycles. The molecule has 0 aromatic heterocycles. The first kappa shape index (κ1) is 15.4. The Morgan fingerprint density at radius 1 is 1.33 bits per heavy atom. The van der Waals surface area contributed by atoms with Crippen LogP contribution in [0.25, 0.3) is 0 Å². The fourth-order valence-corrected chi connectivity index (χ4v) is 2.83. The smallest absolute Gasteiger partial charge is 0.326 e. The molecule has 0 fully saturated rings. The fraction of sp³-hybridized carbons (Fsp3) is 0.500. The number of aryl methyl sites for hydroxylation is 1. The van der Waals surface area contributed by atoms with Crippen molar-refractivity contribution >= 4 is 12.0 Å². The zero-order valence-electron chi connectivity index (χ0n) is 12.6. The minimum Gasteiger partial charge on any atom is -0.480 e. The van der Waals surface area contributed by atoms with E-state index >= 15 is 0 Å². The molecule has 114 valence electrons. The van der Waals surface area contributed by atoms with Gasteiger partial charge >= 0.3 is 12.0 Å². The average molecular weight is 290 g/mol. The maximum Gasteiger partial charge on any atom is 0.326 e. The number of likely N-dealkylation sites (N-methyl/N-ethyl adjacent to an activating group) is 1. The normalized spacial score (nSPS) is 15.8. The van der Waals surface area contributed by atoms with E-state index in [1.807, 2.05) is 18.2 Å². The highest BCUT2D eigenvalue weighted by Crippen LogP contribution is 2.20. The number of urea groups is 1. The lowest BCUT2D eigenvalue weighted by molar-refractivity contribution is -0.142. The summed E-state index contributed by atoms with van der Waals surface area (Å²) >= 11 is 0. The number of hydrogen-bond acceptors (Lipinski definition) is 2. The van der Waals surface area contributed by atoms with E-state index in [9.17, 15) is 14.7 Å². The summed E-state index contributed by atoms with van der Waals surface area (Å²) in [6.45, 7) is 2.99. The molecule has 1 N–H and O–H groups in total. The van der Waals surface area contributed by atoms with E-state index in [2.05, 4.69) is 6.07 Å². The number of aliphatic carboxylic acids is 1. The van der Waals surface area contributed by atoms with Gasteiger partial charge in [0.25, 0.3) is 0 Å². The molecule has 0 saturated heterocycles. The molecule has 2 rings (SSSR count). The minimum atomic E-state index is -0.955. The van der Waals surface area contributed by atoms with E-state index in [-0.39, 0.29) is 6.03 Å². The molecule has 1 heterocycles. The standard InChI is InChI=1S/C16H22N2O3/c1-3-14(15(19)20)17(2)16(21)18-10-6-9-12-7-4-5-8-13(12)11-18/h4-5,7-8,14H,3,6,9-11H2,1-2H3,(H,19,20). The van der Waals surface area contributed by atoms with E-state index in [4.69, 9.17) is 0 Å². The largest absolute Gasteiger partial charge is 0.480 e. The molecule has 1 unspecified atom stereocenters. The first-order valence-corrected chi connectivity index (χ1v) is 7.36. The van der Waals surface area contributed by atoms with E-state index in [1.165, 1.54) is 10.5 Å². The van der Waals surface area contributed by atoms with Crippen molar-refractivity contribution in [3.8, 4) is 0 Å². The van der Waals surface area contributed by atoms with Crippen LogP contribution in [0.15, 0.2) is 24.3 Å². The maximum absolute atomic E-state index is 12.6. The Kier molecular flexibility index (Phi) is 4.83. The molecule has 1 aromatic carbocycles. The highest BCUT2D eigenvalue weighted by atomic mass is 16.4. The van der Waals surface area contributed by atoms with Gasteiger partial charge in [0.15, 0.2) is 0 Å². The molecule has 0 radical (unpaired) electrons. The van der Waals surface area contributed by atoms with E-state index < -0.39 is 12.0 Å². The molecule has 21 heavy (non-hydrogen) atoms. The third kappa shape index (κ3) is 3.35. The summed E-state index contributed by atoms with van der Waals surface area (Å²) in [5.41, 5.74) is 2.43. The van der Waals surface area contributed by atoms with Crippen molar-refractivity contribution in [3.63, 3.8) is 0 Å². The average Bonchev–Trinajstić information content (AvgIpc) is 2.68. The molecular formula is C16H22N2O3. The first-order valence-electron chi connectivity index (χ1n) is 7.36. The monoisotopic (exact) mass is 290 g/mol. The van der Waals surface area contributed by atoms with Gasteiger partial charge in [-0.1, -0.05) is 31.2 Å².